The molecule has 0 aliphatic rings. The van der Waals surface area contributed by atoms with Crippen molar-refractivity contribution in [1.29, 1.82) is 0 Å². The van der Waals surface area contributed by atoms with E-state index in [1.54, 1.807) is 36.5 Å². The Hall–Kier alpha value is -1.96. The average molecular weight is 188 g/mol. The van der Waals surface area contributed by atoms with Gasteiger partial charge in [0.15, 0.2) is 0 Å². The lowest BCUT2D eigenvalue weighted by molar-refractivity contribution is -0.104. The highest BCUT2D eigenvalue weighted by atomic mass is 16.1. The summed E-state index contributed by atoms with van der Waals surface area (Å²) in [5.41, 5.74) is 0. The maximum atomic E-state index is 9.85. The number of carbonyl (C=O) groups is 2. The fraction of sp³-hybridized carbons (Fsp3) is 0. The fourth-order valence-corrected chi connectivity index (χ4v) is 0.604. The molecule has 72 valence electrons. The van der Waals surface area contributed by atoms with Gasteiger partial charge in [-0.05, 0) is 12.2 Å². The number of rotatable bonds is 6. The van der Waals surface area contributed by atoms with Gasteiger partial charge in [-0.1, -0.05) is 48.6 Å². The minimum atomic E-state index is 0.720. The van der Waals surface area contributed by atoms with Gasteiger partial charge in [0, 0.05) is 0 Å². The predicted molar refractivity (Wildman–Crippen MR) is 57.8 cm³/mol. The van der Waals surface area contributed by atoms with Crippen LogP contribution < -0.4 is 0 Å². The smallest absolute Gasteiger partial charge is 0.142 e. The molecule has 0 bridgehead atoms. The topological polar surface area (TPSA) is 34.1 Å². The van der Waals surface area contributed by atoms with Crippen molar-refractivity contribution in [2.75, 3.05) is 0 Å². The zero-order chi connectivity index (χ0) is 10.5. The van der Waals surface area contributed by atoms with Crippen molar-refractivity contribution in [3.8, 4) is 0 Å². The van der Waals surface area contributed by atoms with Gasteiger partial charge in [0.05, 0.1) is 0 Å². The van der Waals surface area contributed by atoms with Crippen molar-refractivity contribution in [3.63, 3.8) is 0 Å². The molecule has 0 fully saturated rings. The normalized spacial score (nSPS) is 12.9. The average Bonchev–Trinajstić information content (AvgIpc) is 2.21. The van der Waals surface area contributed by atoms with Crippen LogP contribution in [0.5, 0.6) is 0 Å². The molecule has 0 N–H and O–H groups in total. The fourth-order valence-electron chi connectivity index (χ4n) is 0.604. The Balaban J connectivity index is 3.72. The second kappa shape index (κ2) is 11.0. The van der Waals surface area contributed by atoms with Crippen LogP contribution in [-0.4, -0.2) is 12.6 Å². The van der Waals surface area contributed by atoms with E-state index in [9.17, 15) is 9.59 Å². The standard InChI is InChI=1S/C12H12O2/c13-11-9-7-5-3-1-2-4-6-8-10-12-14/h1-12H. The summed E-state index contributed by atoms with van der Waals surface area (Å²) in [6, 6.07) is 0. The highest BCUT2D eigenvalue weighted by Crippen LogP contribution is 1.82. The maximum absolute atomic E-state index is 9.85. The minimum absolute atomic E-state index is 0.720. The van der Waals surface area contributed by atoms with E-state index in [0.29, 0.717) is 0 Å². The van der Waals surface area contributed by atoms with E-state index in [1.165, 1.54) is 12.2 Å². The molecule has 2 heteroatoms. The van der Waals surface area contributed by atoms with Crippen molar-refractivity contribution in [2.45, 2.75) is 0 Å². The van der Waals surface area contributed by atoms with E-state index in [-0.39, 0.29) is 0 Å². The molecule has 0 aromatic heterocycles. The number of hydrogen-bond donors (Lipinski definition) is 0. The van der Waals surface area contributed by atoms with Gasteiger partial charge in [-0.15, -0.1) is 0 Å². The van der Waals surface area contributed by atoms with Crippen LogP contribution in [0.1, 0.15) is 0 Å². The molecule has 0 aliphatic carbocycles. The van der Waals surface area contributed by atoms with Crippen LogP contribution in [0.15, 0.2) is 60.8 Å². The lowest BCUT2D eigenvalue weighted by Gasteiger charge is -1.72. The highest BCUT2D eigenvalue weighted by Gasteiger charge is 1.63. The van der Waals surface area contributed by atoms with E-state index in [1.807, 2.05) is 12.2 Å². The van der Waals surface area contributed by atoms with Gasteiger partial charge in [-0.2, -0.15) is 0 Å². The van der Waals surface area contributed by atoms with Gasteiger partial charge in [0.2, 0.25) is 0 Å². The second-order valence-corrected chi connectivity index (χ2v) is 2.20. The Bertz CT molecular complexity index is 261. The van der Waals surface area contributed by atoms with Gasteiger partial charge >= 0.3 is 0 Å². The minimum Gasteiger partial charge on any atom is -0.299 e. The molecule has 0 heterocycles. The first-order valence-electron chi connectivity index (χ1n) is 4.14. The summed E-state index contributed by atoms with van der Waals surface area (Å²) in [6.07, 6.45) is 18.3. The molecule has 0 unspecified atom stereocenters. The lowest BCUT2D eigenvalue weighted by Crippen LogP contribution is -1.57. The summed E-state index contributed by atoms with van der Waals surface area (Å²) in [5.74, 6) is 0. The monoisotopic (exact) mass is 188 g/mol. The molecule has 0 aliphatic heterocycles. The molecule has 0 spiro atoms. The van der Waals surface area contributed by atoms with E-state index >= 15 is 0 Å². The molecular formula is C12H12O2. The molecule has 0 amide bonds. The number of hydrogen-bond acceptors (Lipinski definition) is 2. The second-order valence-electron chi connectivity index (χ2n) is 2.20. The summed E-state index contributed by atoms with van der Waals surface area (Å²) >= 11 is 0. The summed E-state index contributed by atoms with van der Waals surface area (Å²) in [5, 5.41) is 0. The Labute approximate surface area is 83.6 Å². The largest absolute Gasteiger partial charge is 0.299 e. The van der Waals surface area contributed by atoms with Crippen LogP contribution in [0.25, 0.3) is 0 Å². The molecule has 0 saturated heterocycles. The van der Waals surface area contributed by atoms with E-state index in [2.05, 4.69) is 0 Å². The quantitative estimate of drug-likeness (QED) is 0.363. The molecule has 0 radical (unpaired) electrons. The molecule has 2 nitrogen and oxygen atoms in total. The first kappa shape index (κ1) is 12.0. The van der Waals surface area contributed by atoms with E-state index in [4.69, 9.17) is 0 Å². The molecule has 0 aromatic rings. The van der Waals surface area contributed by atoms with Crippen molar-refractivity contribution >= 4 is 12.6 Å². The summed E-state index contributed by atoms with van der Waals surface area (Å²) < 4.78 is 0. The Morgan fingerprint density at radius 3 is 0.786 bits per heavy atom. The van der Waals surface area contributed by atoms with Crippen molar-refractivity contribution in [3.05, 3.63) is 60.8 Å². The summed E-state index contributed by atoms with van der Waals surface area (Å²) in [7, 11) is 0. The van der Waals surface area contributed by atoms with Crippen molar-refractivity contribution < 1.29 is 9.59 Å². The Morgan fingerprint density at radius 1 is 0.357 bits per heavy atom. The molecule has 0 atom stereocenters. The van der Waals surface area contributed by atoms with Gasteiger partial charge in [-0.3, -0.25) is 9.59 Å². The van der Waals surface area contributed by atoms with Gasteiger partial charge < -0.3 is 0 Å². The highest BCUT2D eigenvalue weighted by molar-refractivity contribution is 5.65. The first-order chi connectivity index (χ1) is 6.91. The third kappa shape index (κ3) is 10.0. The molecular weight excluding hydrogens is 176 g/mol. The lowest BCUT2D eigenvalue weighted by atomic mass is 10.3. The van der Waals surface area contributed by atoms with Crippen LogP contribution in [0.3, 0.4) is 0 Å². The number of carbonyl (C=O) groups excluding carboxylic acids is 2. The molecule has 14 heavy (non-hydrogen) atoms. The maximum Gasteiger partial charge on any atom is 0.142 e. The predicted octanol–water partition coefficient (Wildman–Crippen LogP) is 2.17. The zero-order valence-corrected chi connectivity index (χ0v) is 7.74. The third-order valence-corrected chi connectivity index (χ3v) is 1.16. The van der Waals surface area contributed by atoms with Crippen LogP contribution in [0.4, 0.5) is 0 Å². The van der Waals surface area contributed by atoms with Gasteiger partial charge in [0.1, 0.15) is 12.6 Å². The molecule has 0 saturated carbocycles. The van der Waals surface area contributed by atoms with Crippen LogP contribution in [0, 0.1) is 0 Å². The van der Waals surface area contributed by atoms with Crippen LogP contribution in [-0.2, 0) is 9.59 Å². The zero-order valence-electron chi connectivity index (χ0n) is 7.74. The Kier molecular flexibility index (Phi) is 9.49. The van der Waals surface area contributed by atoms with E-state index in [0.717, 1.165) is 12.6 Å². The van der Waals surface area contributed by atoms with Gasteiger partial charge in [-0.25, -0.2) is 0 Å². The number of aldehydes is 2. The number of allylic oxidation sites excluding steroid dienone is 10. The molecule has 0 aromatic carbocycles. The van der Waals surface area contributed by atoms with Crippen molar-refractivity contribution in [1.82, 2.24) is 0 Å². The summed E-state index contributed by atoms with van der Waals surface area (Å²) in [6.45, 7) is 0. The first-order valence-corrected chi connectivity index (χ1v) is 4.14. The van der Waals surface area contributed by atoms with E-state index < -0.39 is 0 Å². The third-order valence-electron chi connectivity index (χ3n) is 1.16. The van der Waals surface area contributed by atoms with Gasteiger partial charge in [0.25, 0.3) is 0 Å². The SMILES string of the molecule is O=CC=CC=CC=CC=CC=CC=O. The summed E-state index contributed by atoms with van der Waals surface area (Å²) in [4.78, 5) is 19.7. The van der Waals surface area contributed by atoms with Crippen LogP contribution >= 0.6 is 0 Å². The van der Waals surface area contributed by atoms with Crippen molar-refractivity contribution in [2.24, 2.45) is 0 Å². The molecule has 0 rings (SSSR count). The Morgan fingerprint density at radius 2 is 0.571 bits per heavy atom. The van der Waals surface area contributed by atoms with Crippen LogP contribution in [0.2, 0.25) is 0 Å².